The molecule has 5 heteroatoms. The molecule has 0 aromatic heterocycles. The molecule has 1 aliphatic heterocycles. The zero-order chi connectivity index (χ0) is 13.7. The van der Waals surface area contributed by atoms with Crippen molar-refractivity contribution in [3.05, 3.63) is 29.8 Å². The second kappa shape index (κ2) is 6.54. The number of hydrogen-bond acceptors (Lipinski definition) is 5. The first-order valence-electron chi connectivity index (χ1n) is 6.47. The molecule has 1 aliphatic rings. The molecule has 104 valence electrons. The maximum absolute atomic E-state index is 11.7. The van der Waals surface area contributed by atoms with E-state index in [1.807, 2.05) is 0 Å². The fourth-order valence-electron chi connectivity index (χ4n) is 2.03. The summed E-state index contributed by atoms with van der Waals surface area (Å²) in [4.78, 5) is 11.7. The highest BCUT2D eigenvalue weighted by atomic mass is 16.6. The molecule has 1 aromatic carbocycles. The lowest BCUT2D eigenvalue weighted by molar-refractivity contribution is -0.148. The lowest BCUT2D eigenvalue weighted by Crippen LogP contribution is -2.35. The number of carbonyl (C=O) groups is 1. The van der Waals surface area contributed by atoms with E-state index in [0.29, 0.717) is 6.42 Å². The van der Waals surface area contributed by atoms with Crippen LogP contribution in [0, 0.1) is 0 Å². The van der Waals surface area contributed by atoms with Crippen LogP contribution in [0.5, 0.6) is 5.75 Å². The van der Waals surface area contributed by atoms with Crippen molar-refractivity contribution in [2.24, 2.45) is 5.73 Å². The number of hydrogen-bond donors (Lipinski definition) is 2. The topological polar surface area (TPSA) is 81.8 Å². The van der Waals surface area contributed by atoms with Gasteiger partial charge in [-0.15, -0.1) is 0 Å². The molecule has 0 saturated carbocycles. The number of phenolic OH excluding ortho intramolecular Hbond substituents is 1. The number of esters is 1. The smallest absolute Gasteiger partial charge is 0.323 e. The number of carbonyl (C=O) groups excluding carboxylic acids is 1. The molecule has 0 spiro atoms. The minimum atomic E-state index is -0.689. The lowest BCUT2D eigenvalue weighted by atomic mass is 10.1. The van der Waals surface area contributed by atoms with E-state index < -0.39 is 12.0 Å². The van der Waals surface area contributed by atoms with Gasteiger partial charge in [0, 0.05) is 6.61 Å². The average molecular weight is 265 g/mol. The van der Waals surface area contributed by atoms with Crippen LogP contribution in [0.25, 0.3) is 0 Å². The Morgan fingerprint density at radius 1 is 1.47 bits per heavy atom. The van der Waals surface area contributed by atoms with Crippen LogP contribution in [-0.4, -0.2) is 36.4 Å². The van der Waals surface area contributed by atoms with Gasteiger partial charge in [0.2, 0.25) is 0 Å². The highest BCUT2D eigenvalue weighted by Crippen LogP contribution is 2.13. The molecule has 0 bridgehead atoms. The number of nitrogens with two attached hydrogens (primary N) is 1. The third kappa shape index (κ3) is 4.22. The maximum atomic E-state index is 11.7. The molecule has 0 amide bonds. The second-order valence-corrected chi connectivity index (χ2v) is 4.74. The molecular weight excluding hydrogens is 246 g/mol. The molecule has 2 rings (SSSR count). The van der Waals surface area contributed by atoms with E-state index in [1.54, 1.807) is 24.3 Å². The Kier molecular flexibility index (Phi) is 4.76. The summed E-state index contributed by atoms with van der Waals surface area (Å²) in [5.74, 6) is -0.221. The van der Waals surface area contributed by atoms with E-state index in [2.05, 4.69) is 0 Å². The van der Waals surface area contributed by atoms with E-state index in [0.717, 1.165) is 25.0 Å². The Labute approximate surface area is 112 Å². The Morgan fingerprint density at radius 2 is 2.21 bits per heavy atom. The number of ether oxygens (including phenoxy) is 2. The first kappa shape index (κ1) is 13.8. The highest BCUT2D eigenvalue weighted by molar-refractivity contribution is 5.75. The average Bonchev–Trinajstić information content (AvgIpc) is 2.91. The summed E-state index contributed by atoms with van der Waals surface area (Å²) in [5.41, 5.74) is 6.68. The third-order valence-electron chi connectivity index (χ3n) is 3.13. The van der Waals surface area contributed by atoms with Crippen molar-refractivity contribution in [2.75, 3.05) is 13.2 Å². The van der Waals surface area contributed by atoms with Crippen molar-refractivity contribution in [3.63, 3.8) is 0 Å². The molecule has 5 nitrogen and oxygen atoms in total. The summed E-state index contributed by atoms with van der Waals surface area (Å²) in [6, 6.07) is 5.93. The quantitative estimate of drug-likeness (QED) is 0.776. The van der Waals surface area contributed by atoms with Gasteiger partial charge < -0.3 is 20.3 Å². The van der Waals surface area contributed by atoms with Gasteiger partial charge in [-0.2, -0.15) is 0 Å². The van der Waals surface area contributed by atoms with Gasteiger partial charge in [-0.05, 0) is 37.0 Å². The molecule has 1 aromatic rings. The lowest BCUT2D eigenvalue weighted by Gasteiger charge is -2.14. The third-order valence-corrected chi connectivity index (χ3v) is 3.13. The van der Waals surface area contributed by atoms with Crippen LogP contribution >= 0.6 is 0 Å². The number of benzene rings is 1. The van der Waals surface area contributed by atoms with E-state index in [4.69, 9.17) is 20.3 Å². The van der Waals surface area contributed by atoms with Crippen molar-refractivity contribution in [3.8, 4) is 5.75 Å². The molecule has 2 atom stereocenters. The zero-order valence-corrected chi connectivity index (χ0v) is 10.7. The molecule has 1 fully saturated rings. The van der Waals surface area contributed by atoms with Gasteiger partial charge in [0.15, 0.2) is 0 Å². The normalized spacial score (nSPS) is 20.2. The summed E-state index contributed by atoms with van der Waals surface area (Å²) in [6.45, 7) is 1.02. The number of aromatic hydroxyl groups is 1. The van der Waals surface area contributed by atoms with Crippen molar-refractivity contribution < 1.29 is 19.4 Å². The molecule has 1 heterocycles. The van der Waals surface area contributed by atoms with Crippen LogP contribution in [-0.2, 0) is 20.7 Å². The summed E-state index contributed by atoms with van der Waals surface area (Å²) in [5, 5.41) is 9.17. The summed E-state index contributed by atoms with van der Waals surface area (Å²) in [6.07, 6.45) is 2.36. The summed E-state index contributed by atoms with van der Waals surface area (Å²) in [7, 11) is 0. The predicted molar refractivity (Wildman–Crippen MR) is 69.7 cm³/mol. The predicted octanol–water partition coefficient (Wildman–Crippen LogP) is 0.984. The van der Waals surface area contributed by atoms with E-state index in [1.165, 1.54) is 0 Å². The van der Waals surface area contributed by atoms with E-state index >= 15 is 0 Å². The first-order valence-corrected chi connectivity index (χ1v) is 6.47. The molecule has 1 saturated heterocycles. The number of phenols is 1. The fourth-order valence-corrected chi connectivity index (χ4v) is 2.03. The van der Waals surface area contributed by atoms with Gasteiger partial charge in [-0.1, -0.05) is 12.1 Å². The Balaban J connectivity index is 1.76. The van der Waals surface area contributed by atoms with Crippen molar-refractivity contribution >= 4 is 5.97 Å². The molecule has 1 unspecified atom stereocenters. The standard InChI is InChI=1S/C14H19NO4/c15-13(8-10-3-5-11(16)6-4-10)14(17)19-9-12-2-1-7-18-12/h3-6,12-13,16H,1-2,7-9,15H2/t12?,13-/m0/s1. The van der Waals surface area contributed by atoms with E-state index in [9.17, 15) is 4.79 Å². The van der Waals surface area contributed by atoms with E-state index in [-0.39, 0.29) is 18.5 Å². The van der Waals surface area contributed by atoms with Crippen LogP contribution in [0.3, 0.4) is 0 Å². The Hall–Kier alpha value is -1.59. The zero-order valence-electron chi connectivity index (χ0n) is 10.7. The molecule has 0 aliphatic carbocycles. The van der Waals surface area contributed by atoms with Gasteiger partial charge >= 0.3 is 5.97 Å². The second-order valence-electron chi connectivity index (χ2n) is 4.74. The monoisotopic (exact) mass is 265 g/mol. The van der Waals surface area contributed by atoms with Crippen molar-refractivity contribution in [2.45, 2.75) is 31.4 Å². The minimum Gasteiger partial charge on any atom is -0.508 e. The van der Waals surface area contributed by atoms with Crippen LogP contribution in [0.1, 0.15) is 18.4 Å². The molecule has 19 heavy (non-hydrogen) atoms. The van der Waals surface area contributed by atoms with Gasteiger partial charge in [0.05, 0.1) is 6.10 Å². The Bertz CT molecular complexity index is 412. The fraction of sp³-hybridized carbons (Fsp3) is 0.500. The van der Waals surface area contributed by atoms with Crippen molar-refractivity contribution in [1.82, 2.24) is 0 Å². The van der Waals surface area contributed by atoms with Crippen LogP contribution in [0.2, 0.25) is 0 Å². The maximum Gasteiger partial charge on any atom is 0.323 e. The molecule has 0 radical (unpaired) electrons. The SMILES string of the molecule is N[C@@H](Cc1ccc(O)cc1)C(=O)OCC1CCCO1. The van der Waals surface area contributed by atoms with Crippen LogP contribution in [0.15, 0.2) is 24.3 Å². The summed E-state index contributed by atoms with van der Waals surface area (Å²) < 4.78 is 10.5. The molecule has 3 N–H and O–H groups in total. The van der Waals surface area contributed by atoms with Gasteiger partial charge in [-0.3, -0.25) is 4.79 Å². The first-order chi connectivity index (χ1) is 9.15. The summed E-state index contributed by atoms with van der Waals surface area (Å²) >= 11 is 0. The van der Waals surface area contributed by atoms with Crippen LogP contribution in [0.4, 0.5) is 0 Å². The largest absolute Gasteiger partial charge is 0.508 e. The van der Waals surface area contributed by atoms with Crippen LogP contribution < -0.4 is 5.73 Å². The van der Waals surface area contributed by atoms with Gasteiger partial charge in [-0.25, -0.2) is 0 Å². The van der Waals surface area contributed by atoms with Gasteiger partial charge in [0.1, 0.15) is 18.4 Å². The minimum absolute atomic E-state index is 0.0184. The molecular formula is C14H19NO4. The Morgan fingerprint density at radius 3 is 2.84 bits per heavy atom. The van der Waals surface area contributed by atoms with Gasteiger partial charge in [0.25, 0.3) is 0 Å². The number of rotatable bonds is 5. The van der Waals surface area contributed by atoms with Crippen molar-refractivity contribution in [1.29, 1.82) is 0 Å². The highest BCUT2D eigenvalue weighted by Gasteiger charge is 2.20.